The molecule has 11 heteroatoms. The van der Waals surface area contributed by atoms with Crippen molar-refractivity contribution in [2.75, 3.05) is 39.8 Å². The Morgan fingerprint density at radius 2 is 1.97 bits per heavy atom. The van der Waals surface area contributed by atoms with Crippen LogP contribution in [0.1, 0.15) is 35.1 Å². The summed E-state index contributed by atoms with van der Waals surface area (Å²) in [6.45, 7) is 5.98. The van der Waals surface area contributed by atoms with E-state index in [0.29, 0.717) is 52.9 Å². The highest BCUT2D eigenvalue weighted by Crippen LogP contribution is 2.37. The molecule has 2 aliphatic rings. The van der Waals surface area contributed by atoms with E-state index in [1.807, 2.05) is 29.3 Å². The van der Waals surface area contributed by atoms with E-state index in [0.717, 1.165) is 0 Å². The van der Waals surface area contributed by atoms with Crippen LogP contribution >= 0.6 is 34.5 Å². The molecule has 1 fully saturated rings. The van der Waals surface area contributed by atoms with Crippen LogP contribution in [0.2, 0.25) is 10.0 Å². The second kappa shape index (κ2) is 11.2. The molecule has 0 bridgehead atoms. The first-order chi connectivity index (χ1) is 17.2. The SMILES string of the molecule is CCOC(=O)C1=C(CN2CCN(C(=O)c3cccs3)[C@@H](C)C2)N(C)C(=O)N[C@@H]1c1cccc(Cl)c1Cl. The van der Waals surface area contributed by atoms with Crippen molar-refractivity contribution in [3.8, 4) is 0 Å². The summed E-state index contributed by atoms with van der Waals surface area (Å²) in [6, 6.07) is 7.60. The Balaban J connectivity index is 1.65. The second-order valence-electron chi connectivity index (χ2n) is 8.73. The number of ether oxygens (including phenoxy) is 1. The van der Waals surface area contributed by atoms with Gasteiger partial charge in [-0.15, -0.1) is 11.3 Å². The first kappa shape index (κ1) is 26.5. The zero-order chi connectivity index (χ0) is 26.0. The van der Waals surface area contributed by atoms with Gasteiger partial charge in [-0.25, -0.2) is 9.59 Å². The molecule has 2 atom stereocenters. The lowest BCUT2D eigenvalue weighted by molar-refractivity contribution is -0.139. The number of thiophene rings is 1. The Kier molecular flexibility index (Phi) is 8.24. The Morgan fingerprint density at radius 1 is 1.19 bits per heavy atom. The van der Waals surface area contributed by atoms with E-state index < -0.39 is 12.0 Å². The van der Waals surface area contributed by atoms with E-state index in [4.69, 9.17) is 27.9 Å². The number of hydrogen-bond acceptors (Lipinski definition) is 6. The number of rotatable bonds is 6. The van der Waals surface area contributed by atoms with Crippen molar-refractivity contribution in [1.29, 1.82) is 0 Å². The van der Waals surface area contributed by atoms with E-state index >= 15 is 0 Å². The molecule has 0 spiro atoms. The second-order valence-corrected chi connectivity index (χ2v) is 10.5. The molecule has 1 aromatic carbocycles. The monoisotopic (exact) mass is 550 g/mol. The quantitative estimate of drug-likeness (QED) is 0.538. The van der Waals surface area contributed by atoms with E-state index in [1.54, 1.807) is 32.2 Å². The predicted octanol–water partition coefficient (Wildman–Crippen LogP) is 4.41. The Hall–Kier alpha value is -2.59. The maximum Gasteiger partial charge on any atom is 0.338 e. The summed E-state index contributed by atoms with van der Waals surface area (Å²) in [5, 5.41) is 5.36. The Morgan fingerprint density at radius 3 is 2.64 bits per heavy atom. The number of esters is 1. The van der Waals surface area contributed by atoms with E-state index in [9.17, 15) is 14.4 Å². The number of halogens is 2. The smallest absolute Gasteiger partial charge is 0.338 e. The number of nitrogens with zero attached hydrogens (tertiary/aromatic N) is 3. The fraction of sp³-hybridized carbons (Fsp3) is 0.400. The minimum Gasteiger partial charge on any atom is -0.463 e. The van der Waals surface area contributed by atoms with Crippen LogP contribution in [0.3, 0.4) is 0 Å². The molecule has 3 heterocycles. The lowest BCUT2D eigenvalue weighted by Crippen LogP contribution is -2.56. The Labute approximate surface area is 224 Å². The average Bonchev–Trinajstić information content (AvgIpc) is 3.38. The number of benzene rings is 1. The molecule has 0 aliphatic carbocycles. The molecule has 1 N–H and O–H groups in total. The van der Waals surface area contributed by atoms with Gasteiger partial charge in [0.1, 0.15) is 0 Å². The summed E-state index contributed by atoms with van der Waals surface area (Å²) >= 11 is 14.2. The fourth-order valence-electron chi connectivity index (χ4n) is 4.61. The van der Waals surface area contributed by atoms with Gasteiger partial charge >= 0.3 is 12.0 Å². The van der Waals surface area contributed by atoms with Crippen molar-refractivity contribution in [2.45, 2.75) is 25.9 Å². The van der Waals surface area contributed by atoms with Crippen LogP contribution in [-0.2, 0) is 9.53 Å². The van der Waals surface area contributed by atoms with Gasteiger partial charge in [0.05, 0.1) is 33.1 Å². The minimum atomic E-state index is -0.812. The summed E-state index contributed by atoms with van der Waals surface area (Å²) in [5.41, 5.74) is 1.36. The van der Waals surface area contributed by atoms with Gasteiger partial charge in [-0.2, -0.15) is 0 Å². The average molecular weight is 551 g/mol. The maximum absolute atomic E-state index is 13.2. The third-order valence-electron chi connectivity index (χ3n) is 6.44. The van der Waals surface area contributed by atoms with Gasteiger partial charge in [-0.05, 0) is 36.9 Å². The van der Waals surface area contributed by atoms with Crippen LogP contribution in [0, 0.1) is 0 Å². The highest BCUT2D eigenvalue weighted by atomic mass is 35.5. The highest BCUT2D eigenvalue weighted by Gasteiger charge is 2.39. The first-order valence-corrected chi connectivity index (χ1v) is 13.3. The lowest BCUT2D eigenvalue weighted by Gasteiger charge is -2.42. The third kappa shape index (κ3) is 5.25. The molecular formula is C25H28Cl2N4O4S. The number of carbonyl (C=O) groups excluding carboxylic acids is 3. The molecule has 2 aromatic rings. The standard InChI is InChI=1S/C25H28Cl2N4O4S/c1-4-35-24(33)20-18(29(3)25(34)28-22(20)16-7-5-8-17(26)21(16)27)14-30-10-11-31(15(2)13-30)23(32)19-9-6-12-36-19/h5-9,12,15,22H,4,10-11,13-14H2,1-3H3,(H,28,34)/t15-,22+/m0/s1. The maximum atomic E-state index is 13.2. The van der Waals surface area contributed by atoms with Gasteiger partial charge in [0.25, 0.3) is 5.91 Å². The number of carbonyl (C=O) groups is 3. The van der Waals surface area contributed by atoms with Crippen molar-refractivity contribution >= 4 is 52.4 Å². The van der Waals surface area contributed by atoms with E-state index in [2.05, 4.69) is 10.2 Å². The molecule has 0 unspecified atom stereocenters. The number of likely N-dealkylation sites (N-methyl/N-ethyl adjacent to an activating group) is 1. The topological polar surface area (TPSA) is 82.2 Å². The van der Waals surface area contributed by atoms with Crippen LogP contribution < -0.4 is 5.32 Å². The number of piperazine rings is 1. The molecule has 0 saturated carbocycles. The normalized spacial score (nSPS) is 21.0. The first-order valence-electron chi connectivity index (χ1n) is 11.7. The highest BCUT2D eigenvalue weighted by molar-refractivity contribution is 7.12. The van der Waals surface area contributed by atoms with Crippen molar-refractivity contribution in [3.05, 3.63) is 67.5 Å². The van der Waals surface area contributed by atoms with Crippen molar-refractivity contribution in [2.24, 2.45) is 0 Å². The largest absolute Gasteiger partial charge is 0.463 e. The summed E-state index contributed by atoms with van der Waals surface area (Å²) < 4.78 is 5.40. The van der Waals surface area contributed by atoms with Gasteiger partial charge in [0.2, 0.25) is 0 Å². The van der Waals surface area contributed by atoms with Crippen LogP contribution in [0.25, 0.3) is 0 Å². The van der Waals surface area contributed by atoms with Gasteiger partial charge < -0.3 is 15.0 Å². The number of urea groups is 1. The molecule has 192 valence electrons. The lowest BCUT2D eigenvalue weighted by atomic mass is 9.94. The summed E-state index contributed by atoms with van der Waals surface area (Å²) in [5.74, 6) is -0.506. The summed E-state index contributed by atoms with van der Waals surface area (Å²) in [4.78, 5) is 45.3. The molecule has 1 saturated heterocycles. The van der Waals surface area contributed by atoms with Crippen LogP contribution in [0.5, 0.6) is 0 Å². The van der Waals surface area contributed by atoms with E-state index in [1.165, 1.54) is 16.2 Å². The third-order valence-corrected chi connectivity index (χ3v) is 8.13. The van der Waals surface area contributed by atoms with Crippen LogP contribution in [0.15, 0.2) is 47.0 Å². The van der Waals surface area contributed by atoms with Crippen molar-refractivity contribution in [3.63, 3.8) is 0 Å². The molecule has 2 aliphatic heterocycles. The molecule has 8 nitrogen and oxygen atoms in total. The van der Waals surface area contributed by atoms with Gasteiger partial charge in [-0.1, -0.05) is 41.4 Å². The summed E-state index contributed by atoms with van der Waals surface area (Å²) in [7, 11) is 1.62. The van der Waals surface area contributed by atoms with Gasteiger partial charge in [0, 0.05) is 45.0 Å². The van der Waals surface area contributed by atoms with Crippen LogP contribution in [-0.4, -0.2) is 78.5 Å². The zero-order valence-corrected chi connectivity index (χ0v) is 22.6. The molecule has 4 rings (SSSR count). The van der Waals surface area contributed by atoms with Gasteiger partial charge in [-0.3, -0.25) is 14.6 Å². The minimum absolute atomic E-state index is 0.0217. The van der Waals surface area contributed by atoms with Crippen molar-refractivity contribution in [1.82, 2.24) is 20.0 Å². The molecular weight excluding hydrogens is 523 g/mol. The van der Waals surface area contributed by atoms with Gasteiger partial charge in [0.15, 0.2) is 0 Å². The molecule has 3 amide bonds. The Bertz CT molecular complexity index is 1190. The summed E-state index contributed by atoms with van der Waals surface area (Å²) in [6.07, 6.45) is 0. The predicted molar refractivity (Wildman–Crippen MR) is 140 cm³/mol. The number of hydrogen-bond donors (Lipinski definition) is 1. The molecule has 1 aromatic heterocycles. The fourth-order valence-corrected chi connectivity index (χ4v) is 5.70. The van der Waals surface area contributed by atoms with Crippen molar-refractivity contribution < 1.29 is 19.1 Å². The van der Waals surface area contributed by atoms with Crippen LogP contribution in [0.4, 0.5) is 4.79 Å². The van der Waals surface area contributed by atoms with E-state index in [-0.39, 0.29) is 29.6 Å². The number of nitrogens with one attached hydrogen (secondary N) is 1. The molecule has 0 radical (unpaired) electrons. The number of amides is 3. The zero-order valence-electron chi connectivity index (χ0n) is 20.3. The molecule has 36 heavy (non-hydrogen) atoms.